The molecule has 3 N–H and O–H groups in total. The molecule has 0 fully saturated rings. The summed E-state index contributed by atoms with van der Waals surface area (Å²) in [6.45, 7) is 1.90. The molecule has 0 bridgehead atoms. The van der Waals surface area contributed by atoms with Crippen LogP contribution in [-0.4, -0.2) is 32.9 Å². The highest BCUT2D eigenvalue weighted by Gasteiger charge is 2.15. The van der Waals surface area contributed by atoms with Crippen LogP contribution in [0.3, 0.4) is 0 Å². The lowest BCUT2D eigenvalue weighted by Crippen LogP contribution is -2.14. The summed E-state index contributed by atoms with van der Waals surface area (Å²) in [5, 5.41) is 8.88. The molecular weight excluding hydrogens is 372 g/mol. The van der Waals surface area contributed by atoms with Gasteiger partial charge in [0.25, 0.3) is 5.56 Å². The summed E-state index contributed by atoms with van der Waals surface area (Å²) in [4.78, 5) is 30.6. The topological polar surface area (TPSA) is 113 Å². The van der Waals surface area contributed by atoms with Gasteiger partial charge in [0.1, 0.15) is 0 Å². The molecule has 0 aliphatic carbocycles. The number of aromatic amines is 2. The van der Waals surface area contributed by atoms with Crippen molar-refractivity contribution >= 4 is 33.8 Å². The molecule has 1 amide bonds. The summed E-state index contributed by atoms with van der Waals surface area (Å²) in [6, 6.07) is 6.78. The molecule has 0 aliphatic heterocycles. The van der Waals surface area contributed by atoms with E-state index in [4.69, 9.17) is 4.74 Å². The normalized spacial score (nSPS) is 11.1. The molecule has 0 saturated carbocycles. The van der Waals surface area contributed by atoms with Crippen molar-refractivity contribution in [1.82, 2.24) is 20.2 Å². The highest BCUT2D eigenvalue weighted by molar-refractivity contribution is 5.96. The summed E-state index contributed by atoms with van der Waals surface area (Å²) in [5.74, 6) is -2.01. The van der Waals surface area contributed by atoms with Crippen LogP contribution in [0.1, 0.15) is 6.92 Å². The lowest BCUT2D eigenvalue weighted by atomic mass is 10.0. The fraction of sp³-hybridized carbons (Fsp3) is 0.111. The predicted molar refractivity (Wildman–Crippen MR) is 98.0 cm³/mol. The van der Waals surface area contributed by atoms with Crippen LogP contribution in [0.2, 0.25) is 0 Å². The van der Waals surface area contributed by atoms with Crippen molar-refractivity contribution in [3.8, 4) is 11.3 Å². The number of nitrogens with zero attached hydrogens (tertiary/aromatic N) is 2. The van der Waals surface area contributed by atoms with Gasteiger partial charge < -0.3 is 9.72 Å². The van der Waals surface area contributed by atoms with Crippen molar-refractivity contribution in [1.29, 1.82) is 0 Å². The predicted octanol–water partition coefficient (Wildman–Crippen LogP) is 3.31. The number of hydrogen-bond acceptors (Lipinski definition) is 5. The molecule has 2 aromatic carbocycles. The van der Waals surface area contributed by atoms with E-state index in [2.05, 4.69) is 25.5 Å². The minimum atomic E-state index is -1.12. The lowest BCUT2D eigenvalue weighted by molar-refractivity contribution is 0.167. The Labute approximate surface area is 155 Å². The van der Waals surface area contributed by atoms with Crippen LogP contribution in [0.15, 0.2) is 35.1 Å². The maximum Gasteiger partial charge on any atom is 0.413 e. The van der Waals surface area contributed by atoms with Gasteiger partial charge in [-0.3, -0.25) is 10.1 Å². The lowest BCUT2D eigenvalue weighted by Gasteiger charge is -2.06. The van der Waals surface area contributed by atoms with E-state index >= 15 is 0 Å². The molecule has 8 nitrogen and oxygen atoms in total. The van der Waals surface area contributed by atoms with Crippen molar-refractivity contribution in [2.75, 3.05) is 11.9 Å². The Morgan fingerprint density at radius 1 is 1.18 bits per heavy atom. The van der Waals surface area contributed by atoms with Gasteiger partial charge in [0.15, 0.2) is 11.6 Å². The van der Waals surface area contributed by atoms with Crippen LogP contribution in [-0.2, 0) is 4.74 Å². The fourth-order valence-electron chi connectivity index (χ4n) is 2.85. The number of benzene rings is 2. The fourth-order valence-corrected chi connectivity index (χ4v) is 2.85. The zero-order chi connectivity index (χ0) is 19.8. The number of aromatic nitrogens is 4. The molecule has 10 heteroatoms. The Morgan fingerprint density at radius 2 is 1.93 bits per heavy atom. The van der Waals surface area contributed by atoms with Crippen LogP contribution in [0.5, 0.6) is 0 Å². The largest absolute Gasteiger partial charge is 0.450 e. The molecule has 142 valence electrons. The number of carbonyl (C=O) groups is 1. The van der Waals surface area contributed by atoms with Crippen molar-refractivity contribution in [2.45, 2.75) is 6.92 Å². The molecule has 2 aromatic heterocycles. The summed E-state index contributed by atoms with van der Waals surface area (Å²) in [6.07, 6.45) is -0.646. The molecule has 4 aromatic rings. The van der Waals surface area contributed by atoms with Crippen LogP contribution < -0.4 is 10.9 Å². The van der Waals surface area contributed by atoms with E-state index in [0.717, 1.165) is 12.1 Å². The minimum Gasteiger partial charge on any atom is -0.450 e. The van der Waals surface area contributed by atoms with Gasteiger partial charge in [-0.1, -0.05) is 6.07 Å². The Hall–Kier alpha value is -3.82. The molecule has 0 atom stereocenters. The van der Waals surface area contributed by atoms with Gasteiger partial charge in [-0.25, -0.2) is 23.7 Å². The maximum atomic E-state index is 13.7. The molecule has 0 unspecified atom stereocenters. The number of carbonyl (C=O) groups excluding carboxylic acids is 1. The molecule has 0 radical (unpaired) electrons. The minimum absolute atomic E-state index is 0.0179. The van der Waals surface area contributed by atoms with Gasteiger partial charge in [0.05, 0.1) is 28.7 Å². The Bertz CT molecular complexity index is 1280. The number of H-pyrrole nitrogens is 2. The Kier molecular flexibility index (Phi) is 4.22. The second kappa shape index (κ2) is 6.72. The van der Waals surface area contributed by atoms with Crippen molar-refractivity contribution < 1.29 is 18.3 Å². The molecule has 2 heterocycles. The van der Waals surface area contributed by atoms with Gasteiger partial charge in [-0.15, -0.1) is 0 Å². The van der Waals surface area contributed by atoms with E-state index in [1.165, 1.54) is 0 Å². The SMILES string of the molecule is CCOC(=O)Nc1nc2cc(-c3n[nH]c(=O)c4cc(F)c(F)cc34)ccc2[nH]1. The third kappa shape index (κ3) is 3.04. The van der Waals surface area contributed by atoms with E-state index in [-0.39, 0.29) is 29.0 Å². The molecule has 4 rings (SSSR count). The van der Waals surface area contributed by atoms with Crippen LogP contribution in [0.25, 0.3) is 33.1 Å². The quantitative estimate of drug-likeness (QED) is 0.501. The highest BCUT2D eigenvalue weighted by Crippen LogP contribution is 2.28. The Balaban J connectivity index is 1.81. The Morgan fingerprint density at radius 3 is 2.68 bits per heavy atom. The third-order valence-corrected chi connectivity index (χ3v) is 4.08. The number of fused-ring (bicyclic) bond motifs is 2. The van der Waals surface area contributed by atoms with E-state index < -0.39 is 23.3 Å². The number of anilines is 1. The van der Waals surface area contributed by atoms with E-state index in [1.807, 2.05) is 0 Å². The van der Waals surface area contributed by atoms with E-state index in [9.17, 15) is 18.4 Å². The summed E-state index contributed by atoms with van der Waals surface area (Å²) < 4.78 is 32.1. The number of rotatable bonds is 3. The highest BCUT2D eigenvalue weighted by atomic mass is 19.2. The number of halogens is 2. The molecule has 0 saturated heterocycles. The first-order valence-electron chi connectivity index (χ1n) is 8.27. The molecular formula is C18H13F2N5O3. The van der Waals surface area contributed by atoms with E-state index in [1.54, 1.807) is 25.1 Å². The first kappa shape index (κ1) is 17.6. The average molecular weight is 385 g/mol. The van der Waals surface area contributed by atoms with Crippen molar-refractivity contribution in [2.24, 2.45) is 0 Å². The molecule has 0 aliphatic rings. The van der Waals surface area contributed by atoms with Crippen molar-refractivity contribution in [3.63, 3.8) is 0 Å². The summed E-state index contributed by atoms with van der Waals surface area (Å²) >= 11 is 0. The summed E-state index contributed by atoms with van der Waals surface area (Å²) in [5.41, 5.74) is 1.28. The molecule has 28 heavy (non-hydrogen) atoms. The second-order valence-corrected chi connectivity index (χ2v) is 5.88. The first-order chi connectivity index (χ1) is 13.5. The smallest absolute Gasteiger partial charge is 0.413 e. The average Bonchev–Trinajstić information content (AvgIpc) is 3.05. The molecule has 0 spiro atoms. The number of amides is 1. The zero-order valence-electron chi connectivity index (χ0n) is 14.5. The van der Waals surface area contributed by atoms with Crippen LogP contribution in [0, 0.1) is 11.6 Å². The number of hydrogen-bond donors (Lipinski definition) is 3. The van der Waals surface area contributed by atoms with Crippen molar-refractivity contribution in [3.05, 3.63) is 52.3 Å². The number of ether oxygens (including phenoxy) is 1. The van der Waals surface area contributed by atoms with Gasteiger partial charge in [-0.2, -0.15) is 5.10 Å². The second-order valence-electron chi connectivity index (χ2n) is 5.88. The van der Waals surface area contributed by atoms with Crippen LogP contribution >= 0.6 is 0 Å². The first-order valence-corrected chi connectivity index (χ1v) is 8.27. The monoisotopic (exact) mass is 385 g/mol. The maximum absolute atomic E-state index is 13.7. The van der Waals surface area contributed by atoms with E-state index in [0.29, 0.717) is 16.6 Å². The van der Waals surface area contributed by atoms with Gasteiger partial charge in [0, 0.05) is 10.9 Å². The zero-order valence-corrected chi connectivity index (χ0v) is 14.5. The van der Waals surface area contributed by atoms with Gasteiger partial charge in [0.2, 0.25) is 5.95 Å². The third-order valence-electron chi connectivity index (χ3n) is 4.08. The summed E-state index contributed by atoms with van der Waals surface area (Å²) in [7, 11) is 0. The number of imidazole rings is 1. The van der Waals surface area contributed by atoms with Gasteiger partial charge >= 0.3 is 6.09 Å². The van der Waals surface area contributed by atoms with Crippen LogP contribution in [0.4, 0.5) is 19.5 Å². The van der Waals surface area contributed by atoms with Gasteiger partial charge in [-0.05, 0) is 31.2 Å². The number of nitrogens with one attached hydrogen (secondary N) is 3. The standard InChI is InChI=1S/C18H13F2N5O3/c1-2-28-18(27)23-17-21-13-4-3-8(5-14(13)22-17)15-9-6-11(19)12(20)7-10(9)16(26)25-24-15/h3-7H,2H2,1H3,(H,25,26)(H2,21,22,23,27).